The van der Waals surface area contributed by atoms with Crippen LogP contribution in [0.15, 0.2) is 224 Å². The smallest absolute Gasteiger partial charge is 0.164 e. The van der Waals surface area contributed by atoms with E-state index in [1.807, 2.05) is 18.2 Å². The highest BCUT2D eigenvalue weighted by Gasteiger charge is 2.20. The predicted molar refractivity (Wildman–Crippen MR) is 256 cm³/mol. The van der Waals surface area contributed by atoms with Crippen LogP contribution < -0.4 is 0 Å². The molecule has 5 heteroatoms. The maximum Gasteiger partial charge on any atom is 0.164 e. The van der Waals surface area contributed by atoms with E-state index in [2.05, 4.69) is 215 Å². The van der Waals surface area contributed by atoms with Gasteiger partial charge in [-0.3, -0.25) is 0 Å². The summed E-state index contributed by atoms with van der Waals surface area (Å²) in [7, 11) is 0. The van der Waals surface area contributed by atoms with Gasteiger partial charge in [-0.25, -0.2) is 15.0 Å². The number of benzene rings is 9. The van der Waals surface area contributed by atoms with Crippen LogP contribution in [0.2, 0.25) is 0 Å². The number of rotatable bonds is 7. The van der Waals surface area contributed by atoms with E-state index in [0.717, 1.165) is 60.9 Å². The minimum atomic E-state index is 0.613. The van der Waals surface area contributed by atoms with Crippen molar-refractivity contribution in [1.82, 2.24) is 24.1 Å². The highest BCUT2D eigenvalue weighted by molar-refractivity contribution is 6.12. The second-order valence-electron chi connectivity index (χ2n) is 15.7. The summed E-state index contributed by atoms with van der Waals surface area (Å²) in [5, 5.41) is 4.71. The highest BCUT2D eigenvalue weighted by Crippen LogP contribution is 2.39. The van der Waals surface area contributed by atoms with E-state index in [9.17, 15) is 0 Å². The minimum Gasteiger partial charge on any atom is -0.309 e. The third kappa shape index (κ3) is 6.06. The Morgan fingerprint density at radius 2 is 0.565 bits per heavy atom. The molecule has 3 heterocycles. The Labute approximate surface area is 358 Å². The number of hydrogen-bond donors (Lipinski definition) is 0. The highest BCUT2D eigenvalue weighted by atomic mass is 15.0. The first-order valence-electron chi connectivity index (χ1n) is 20.9. The fraction of sp³-hybridized carbons (Fsp3) is 0. The zero-order valence-electron chi connectivity index (χ0n) is 33.6. The van der Waals surface area contributed by atoms with Gasteiger partial charge in [-0.2, -0.15) is 0 Å². The molecular weight excluding hydrogens is 755 g/mol. The molecule has 0 atom stereocenters. The van der Waals surface area contributed by atoms with Crippen LogP contribution in [0, 0.1) is 0 Å². The van der Waals surface area contributed by atoms with Crippen LogP contribution in [0.5, 0.6) is 0 Å². The second kappa shape index (κ2) is 14.7. The summed E-state index contributed by atoms with van der Waals surface area (Å²) >= 11 is 0. The lowest BCUT2D eigenvalue weighted by atomic mass is 10.0. The van der Waals surface area contributed by atoms with Crippen molar-refractivity contribution in [3.05, 3.63) is 224 Å². The van der Waals surface area contributed by atoms with E-state index in [-0.39, 0.29) is 0 Å². The molecule has 12 aromatic rings. The molecule has 0 N–H and O–H groups in total. The molecule has 0 bridgehead atoms. The van der Waals surface area contributed by atoms with E-state index >= 15 is 0 Å². The van der Waals surface area contributed by atoms with E-state index in [1.165, 1.54) is 33.0 Å². The van der Waals surface area contributed by atoms with Crippen molar-refractivity contribution < 1.29 is 0 Å². The van der Waals surface area contributed by atoms with Gasteiger partial charge >= 0.3 is 0 Å². The fourth-order valence-electron chi connectivity index (χ4n) is 9.00. The van der Waals surface area contributed by atoms with Crippen LogP contribution in [-0.4, -0.2) is 24.1 Å². The van der Waals surface area contributed by atoms with Crippen LogP contribution in [0.25, 0.3) is 111 Å². The Balaban J connectivity index is 1.06. The SMILES string of the molecule is c1ccc(-c2ccc3c(c2)c2ccc(-c4nc(-c5ccccc5)nc(-c5ccc6c7cc(-c8ccccc8)ccc7n(-c7ccccc7)c6c5)n4)cc2n3-c2ccccc2)cc1. The quantitative estimate of drug-likeness (QED) is 0.162. The summed E-state index contributed by atoms with van der Waals surface area (Å²) in [5.41, 5.74) is 14.1. The molecule has 12 rings (SSSR count). The monoisotopic (exact) mass is 791 g/mol. The van der Waals surface area contributed by atoms with Crippen LogP contribution >= 0.6 is 0 Å². The third-order valence-corrected chi connectivity index (χ3v) is 12.0. The summed E-state index contributed by atoms with van der Waals surface area (Å²) in [5.74, 6) is 1.85. The predicted octanol–water partition coefficient (Wildman–Crippen LogP) is 14.4. The van der Waals surface area contributed by atoms with Gasteiger partial charge in [0.15, 0.2) is 17.5 Å². The van der Waals surface area contributed by atoms with Gasteiger partial charge in [-0.05, 0) is 82.9 Å². The Morgan fingerprint density at radius 1 is 0.226 bits per heavy atom. The van der Waals surface area contributed by atoms with Crippen molar-refractivity contribution in [1.29, 1.82) is 0 Å². The molecule has 0 unspecified atom stereocenters. The molecular formula is C57H37N5. The number of fused-ring (bicyclic) bond motifs is 6. The van der Waals surface area contributed by atoms with Crippen molar-refractivity contribution in [2.75, 3.05) is 0 Å². The molecule has 0 saturated heterocycles. The van der Waals surface area contributed by atoms with Gasteiger partial charge in [-0.1, -0.05) is 164 Å². The molecule has 0 aliphatic carbocycles. The molecule has 290 valence electrons. The van der Waals surface area contributed by atoms with Crippen molar-refractivity contribution in [3.63, 3.8) is 0 Å². The molecule has 5 nitrogen and oxygen atoms in total. The number of hydrogen-bond acceptors (Lipinski definition) is 3. The minimum absolute atomic E-state index is 0.613. The van der Waals surface area contributed by atoms with Crippen LogP contribution in [0.1, 0.15) is 0 Å². The number of nitrogens with zero attached hydrogens (tertiary/aromatic N) is 5. The number of aromatic nitrogens is 5. The molecule has 0 amide bonds. The third-order valence-electron chi connectivity index (χ3n) is 12.0. The summed E-state index contributed by atoms with van der Waals surface area (Å²) in [4.78, 5) is 15.7. The van der Waals surface area contributed by atoms with Gasteiger partial charge in [0.25, 0.3) is 0 Å². The first-order chi connectivity index (χ1) is 30.7. The van der Waals surface area contributed by atoms with Gasteiger partial charge < -0.3 is 9.13 Å². The van der Waals surface area contributed by atoms with E-state index in [0.29, 0.717) is 17.5 Å². The van der Waals surface area contributed by atoms with Crippen LogP contribution in [0.3, 0.4) is 0 Å². The summed E-state index contributed by atoms with van der Waals surface area (Å²) in [6.07, 6.45) is 0. The first kappa shape index (κ1) is 35.5. The Bertz CT molecular complexity index is 3380. The van der Waals surface area contributed by atoms with Gasteiger partial charge in [0, 0.05) is 49.6 Å². The lowest BCUT2D eigenvalue weighted by Gasteiger charge is -2.11. The van der Waals surface area contributed by atoms with Gasteiger partial charge in [-0.15, -0.1) is 0 Å². The standard InChI is InChI=1S/C57H37N5/c1-6-16-38(17-7-1)41-28-32-51-49(34-41)47-30-26-43(36-53(47)61(51)45-22-12-4-13-23-45)56-58-55(40-20-10-3-11-21-40)59-57(60-56)44-27-31-48-50-35-42(39-18-8-2-9-19-39)29-33-52(50)62(54(48)37-44)46-24-14-5-15-25-46/h1-37H. The molecule has 0 saturated carbocycles. The van der Waals surface area contributed by atoms with E-state index in [1.54, 1.807) is 0 Å². The molecule has 0 fully saturated rings. The molecule has 0 radical (unpaired) electrons. The van der Waals surface area contributed by atoms with Crippen molar-refractivity contribution >= 4 is 43.6 Å². The maximum absolute atomic E-state index is 5.29. The van der Waals surface area contributed by atoms with Crippen LogP contribution in [-0.2, 0) is 0 Å². The Hall–Kier alpha value is -8.41. The summed E-state index contributed by atoms with van der Waals surface area (Å²) in [6, 6.07) is 79.3. The summed E-state index contributed by atoms with van der Waals surface area (Å²) < 4.78 is 4.70. The molecule has 0 aliphatic rings. The molecule has 3 aromatic heterocycles. The zero-order chi connectivity index (χ0) is 41.0. The zero-order valence-corrected chi connectivity index (χ0v) is 33.6. The van der Waals surface area contributed by atoms with E-state index in [4.69, 9.17) is 15.0 Å². The Kier molecular flexibility index (Phi) is 8.42. The maximum atomic E-state index is 5.29. The average molecular weight is 792 g/mol. The second-order valence-corrected chi connectivity index (χ2v) is 15.7. The van der Waals surface area contributed by atoms with Crippen molar-refractivity contribution in [3.8, 4) is 67.8 Å². The van der Waals surface area contributed by atoms with Crippen molar-refractivity contribution in [2.24, 2.45) is 0 Å². The summed E-state index contributed by atoms with van der Waals surface area (Å²) in [6.45, 7) is 0. The van der Waals surface area contributed by atoms with E-state index < -0.39 is 0 Å². The molecule has 9 aromatic carbocycles. The largest absolute Gasteiger partial charge is 0.309 e. The van der Waals surface area contributed by atoms with Gasteiger partial charge in [0.1, 0.15) is 0 Å². The normalized spacial score (nSPS) is 11.5. The number of para-hydroxylation sites is 2. The Morgan fingerprint density at radius 3 is 0.968 bits per heavy atom. The topological polar surface area (TPSA) is 48.5 Å². The molecule has 62 heavy (non-hydrogen) atoms. The lowest BCUT2D eigenvalue weighted by molar-refractivity contribution is 1.07. The lowest BCUT2D eigenvalue weighted by Crippen LogP contribution is -2.01. The van der Waals surface area contributed by atoms with Gasteiger partial charge in [0.05, 0.1) is 22.1 Å². The average Bonchev–Trinajstić information content (AvgIpc) is 3.86. The van der Waals surface area contributed by atoms with Gasteiger partial charge in [0.2, 0.25) is 0 Å². The molecule has 0 spiro atoms. The van der Waals surface area contributed by atoms with Crippen LogP contribution in [0.4, 0.5) is 0 Å². The van der Waals surface area contributed by atoms with Crippen molar-refractivity contribution in [2.45, 2.75) is 0 Å². The first-order valence-corrected chi connectivity index (χ1v) is 20.9. The molecule has 0 aliphatic heterocycles. The fourth-order valence-corrected chi connectivity index (χ4v) is 9.00.